The average molecular weight is 390 g/mol. The van der Waals surface area contributed by atoms with E-state index in [9.17, 15) is 8.42 Å². The zero-order valence-electron chi connectivity index (χ0n) is 14.4. The van der Waals surface area contributed by atoms with Crippen LogP contribution in [0.2, 0.25) is 0 Å². The quantitative estimate of drug-likeness (QED) is 0.689. The third kappa shape index (κ3) is 2.99. The average Bonchev–Trinajstić information content (AvgIpc) is 2.95. The lowest BCUT2D eigenvalue weighted by Gasteiger charge is -2.18. The Hall–Kier alpha value is -2.32. The molecule has 0 amide bonds. The Bertz CT molecular complexity index is 1140. The Balaban J connectivity index is 1.90. The molecule has 0 N–H and O–H groups in total. The van der Waals surface area contributed by atoms with Gasteiger partial charge >= 0.3 is 0 Å². The molecule has 0 saturated heterocycles. The van der Waals surface area contributed by atoms with Gasteiger partial charge in [-0.3, -0.25) is 0 Å². The predicted molar refractivity (Wildman–Crippen MR) is 100 cm³/mol. The third-order valence-electron chi connectivity index (χ3n) is 4.18. The van der Waals surface area contributed by atoms with E-state index in [2.05, 4.69) is 4.40 Å². The first-order chi connectivity index (χ1) is 12.5. The third-order valence-corrected chi connectivity index (χ3v) is 6.62. The van der Waals surface area contributed by atoms with Gasteiger partial charge in [-0.25, -0.2) is 0 Å². The highest BCUT2D eigenvalue weighted by atomic mass is 32.2. The van der Waals surface area contributed by atoms with Gasteiger partial charge in [0.2, 0.25) is 4.80 Å². The number of thiazole rings is 1. The van der Waals surface area contributed by atoms with E-state index in [1.165, 1.54) is 11.3 Å². The van der Waals surface area contributed by atoms with Gasteiger partial charge < -0.3 is 14.0 Å². The van der Waals surface area contributed by atoms with E-state index in [0.717, 1.165) is 15.8 Å². The first-order valence-corrected chi connectivity index (χ1v) is 10.5. The van der Waals surface area contributed by atoms with Crippen LogP contribution in [0.1, 0.15) is 12.5 Å². The number of fused-ring (bicyclic) bond motifs is 2. The largest absolute Gasteiger partial charge is 0.486 e. The summed E-state index contributed by atoms with van der Waals surface area (Å²) in [7, 11) is -3.78. The van der Waals surface area contributed by atoms with Crippen molar-refractivity contribution in [2.45, 2.75) is 25.3 Å². The normalized spacial score (nSPS) is 14.8. The molecule has 3 aromatic rings. The zero-order valence-corrected chi connectivity index (χ0v) is 16.1. The summed E-state index contributed by atoms with van der Waals surface area (Å²) in [6.45, 7) is 5.49. The number of nitrogens with zero attached hydrogens (tertiary/aromatic N) is 2. The maximum absolute atomic E-state index is 12.7. The lowest BCUT2D eigenvalue weighted by atomic mass is 10.2. The molecule has 0 spiro atoms. The zero-order chi connectivity index (χ0) is 18.3. The molecule has 26 heavy (non-hydrogen) atoms. The molecule has 4 rings (SSSR count). The van der Waals surface area contributed by atoms with Gasteiger partial charge in [-0.15, -0.1) is 4.40 Å². The standard InChI is InChI=1S/C18H18N2O4S2/c1-3-20-14-10-15-16(24-9-8-23-15)11-17(14)25-18(20)19-26(21,22)13-6-4-12(2)5-7-13/h4-7,10-11H,3,8-9H2,1-2H3. The van der Waals surface area contributed by atoms with Crippen molar-refractivity contribution in [1.29, 1.82) is 0 Å². The van der Waals surface area contributed by atoms with Crippen LogP contribution in [0.5, 0.6) is 11.5 Å². The number of benzene rings is 2. The summed E-state index contributed by atoms with van der Waals surface area (Å²) in [4.78, 5) is 0.625. The summed E-state index contributed by atoms with van der Waals surface area (Å²) in [6.07, 6.45) is 0. The van der Waals surface area contributed by atoms with E-state index < -0.39 is 10.0 Å². The smallest absolute Gasteiger partial charge is 0.285 e. The van der Waals surface area contributed by atoms with Gasteiger partial charge in [0, 0.05) is 18.7 Å². The minimum atomic E-state index is -3.78. The van der Waals surface area contributed by atoms with E-state index in [4.69, 9.17) is 9.47 Å². The van der Waals surface area contributed by atoms with Gasteiger partial charge in [0.1, 0.15) is 13.2 Å². The Labute approximate surface area is 155 Å². The Kier molecular flexibility index (Phi) is 4.24. The fourth-order valence-corrected chi connectivity index (χ4v) is 5.15. The number of aryl methyl sites for hydroxylation is 2. The first kappa shape index (κ1) is 17.1. The van der Waals surface area contributed by atoms with Crippen LogP contribution in [0, 0.1) is 6.92 Å². The molecule has 8 heteroatoms. The van der Waals surface area contributed by atoms with E-state index in [1.807, 2.05) is 30.5 Å². The van der Waals surface area contributed by atoms with E-state index in [0.29, 0.717) is 36.1 Å². The molecule has 0 unspecified atom stereocenters. The molecule has 1 aliphatic rings. The summed E-state index contributed by atoms with van der Waals surface area (Å²) in [5.41, 5.74) is 1.89. The second-order valence-electron chi connectivity index (χ2n) is 5.97. The molecular weight excluding hydrogens is 372 g/mol. The summed E-state index contributed by atoms with van der Waals surface area (Å²) >= 11 is 1.33. The monoisotopic (exact) mass is 390 g/mol. The maximum Gasteiger partial charge on any atom is 0.285 e. The summed E-state index contributed by atoms with van der Waals surface area (Å²) in [5.74, 6) is 1.36. The van der Waals surface area contributed by atoms with Crippen LogP contribution in [0.15, 0.2) is 45.7 Å². The van der Waals surface area contributed by atoms with Crippen molar-refractivity contribution < 1.29 is 17.9 Å². The van der Waals surface area contributed by atoms with Gasteiger partial charge in [-0.1, -0.05) is 29.0 Å². The van der Waals surface area contributed by atoms with Crippen LogP contribution >= 0.6 is 11.3 Å². The van der Waals surface area contributed by atoms with Gasteiger partial charge in [-0.05, 0) is 26.0 Å². The highest BCUT2D eigenvalue weighted by Crippen LogP contribution is 2.35. The Morgan fingerprint density at radius 1 is 1.12 bits per heavy atom. The molecule has 0 radical (unpaired) electrons. The second-order valence-corrected chi connectivity index (χ2v) is 8.59. The van der Waals surface area contributed by atoms with Crippen molar-refractivity contribution in [2.24, 2.45) is 4.40 Å². The predicted octanol–water partition coefficient (Wildman–Crippen LogP) is 3.09. The fraction of sp³-hybridized carbons (Fsp3) is 0.278. The number of hydrogen-bond acceptors (Lipinski definition) is 5. The fourth-order valence-electron chi connectivity index (χ4n) is 2.85. The molecule has 0 saturated carbocycles. The van der Waals surface area contributed by atoms with Crippen molar-refractivity contribution in [2.75, 3.05) is 13.2 Å². The highest BCUT2D eigenvalue weighted by Gasteiger charge is 2.18. The Morgan fingerprint density at radius 3 is 2.42 bits per heavy atom. The van der Waals surface area contributed by atoms with Crippen molar-refractivity contribution in [1.82, 2.24) is 4.57 Å². The molecule has 2 heterocycles. The first-order valence-electron chi connectivity index (χ1n) is 8.28. The number of sulfonamides is 1. The van der Waals surface area contributed by atoms with Crippen LogP contribution < -0.4 is 14.3 Å². The van der Waals surface area contributed by atoms with Gasteiger partial charge in [0.25, 0.3) is 10.0 Å². The molecule has 136 valence electrons. The lowest BCUT2D eigenvalue weighted by molar-refractivity contribution is 0.172. The molecule has 0 bridgehead atoms. The summed E-state index contributed by atoms with van der Waals surface area (Å²) in [5, 5.41) is 0. The van der Waals surface area contributed by atoms with Crippen LogP contribution in [0.25, 0.3) is 10.2 Å². The molecule has 0 aliphatic carbocycles. The SMILES string of the molecule is CCn1c(=NS(=O)(=O)c2ccc(C)cc2)sc2cc3c(cc21)OCCO3. The number of hydrogen-bond donors (Lipinski definition) is 0. The minimum absolute atomic E-state index is 0.189. The van der Waals surface area contributed by atoms with Crippen molar-refractivity contribution in [3.05, 3.63) is 46.8 Å². The maximum atomic E-state index is 12.7. The minimum Gasteiger partial charge on any atom is -0.486 e. The Morgan fingerprint density at radius 2 is 1.77 bits per heavy atom. The summed E-state index contributed by atoms with van der Waals surface area (Å²) in [6, 6.07) is 10.5. The number of rotatable bonds is 3. The topological polar surface area (TPSA) is 69.9 Å². The lowest BCUT2D eigenvalue weighted by Crippen LogP contribution is -2.17. The highest BCUT2D eigenvalue weighted by molar-refractivity contribution is 7.90. The van der Waals surface area contributed by atoms with E-state index >= 15 is 0 Å². The van der Waals surface area contributed by atoms with E-state index in [1.54, 1.807) is 24.3 Å². The van der Waals surface area contributed by atoms with Gasteiger partial charge in [0.05, 0.1) is 15.1 Å². The van der Waals surface area contributed by atoms with Crippen LogP contribution in [0.4, 0.5) is 0 Å². The molecule has 1 aliphatic heterocycles. The van der Waals surface area contributed by atoms with Gasteiger partial charge in [-0.2, -0.15) is 8.42 Å². The molecule has 0 atom stereocenters. The summed E-state index contributed by atoms with van der Waals surface area (Å²) < 4.78 is 43.5. The van der Waals surface area contributed by atoms with Crippen molar-refractivity contribution in [3.63, 3.8) is 0 Å². The van der Waals surface area contributed by atoms with Crippen LogP contribution in [-0.4, -0.2) is 26.2 Å². The number of ether oxygens (including phenoxy) is 2. The molecular formula is C18H18N2O4S2. The number of aromatic nitrogens is 1. The van der Waals surface area contributed by atoms with Crippen LogP contribution in [-0.2, 0) is 16.6 Å². The van der Waals surface area contributed by atoms with Crippen molar-refractivity contribution in [3.8, 4) is 11.5 Å². The molecule has 2 aromatic carbocycles. The van der Waals surface area contributed by atoms with Crippen LogP contribution in [0.3, 0.4) is 0 Å². The van der Waals surface area contributed by atoms with E-state index in [-0.39, 0.29) is 4.90 Å². The van der Waals surface area contributed by atoms with Crippen molar-refractivity contribution >= 4 is 31.6 Å². The van der Waals surface area contributed by atoms with Gasteiger partial charge in [0.15, 0.2) is 11.5 Å². The molecule has 1 aromatic heterocycles. The molecule has 6 nitrogen and oxygen atoms in total. The second kappa shape index (κ2) is 6.44. The molecule has 0 fully saturated rings.